The van der Waals surface area contributed by atoms with Crippen molar-refractivity contribution in [2.75, 3.05) is 0 Å². The van der Waals surface area contributed by atoms with Crippen LogP contribution in [0.1, 0.15) is 27.7 Å². The summed E-state index contributed by atoms with van der Waals surface area (Å²) in [6.45, 7) is 3.92. The first kappa shape index (κ1) is 16.3. The molecule has 0 aromatic carbocycles. The summed E-state index contributed by atoms with van der Waals surface area (Å²) in [7, 11) is 0. The molecule has 0 saturated heterocycles. The Bertz CT molecular complexity index is 72.6. The van der Waals surface area contributed by atoms with E-state index >= 15 is 0 Å². The minimum atomic E-state index is 0. The van der Waals surface area contributed by atoms with E-state index in [0.29, 0.717) is 0 Å². The summed E-state index contributed by atoms with van der Waals surface area (Å²) < 4.78 is 0. The van der Waals surface area contributed by atoms with Crippen molar-refractivity contribution in [1.82, 2.24) is 0 Å². The van der Waals surface area contributed by atoms with Crippen LogP contribution in [-0.4, -0.2) is 0 Å². The zero-order valence-corrected chi connectivity index (χ0v) is 8.28. The molecule has 0 fully saturated rings. The normalized spacial score (nSPS) is 9.11. The zero-order chi connectivity index (χ0) is 5.54. The molecule has 0 amide bonds. The Morgan fingerprint density at radius 2 is 1.89 bits per heavy atom. The minimum Gasteiger partial charge on any atom is -0.391 e. The van der Waals surface area contributed by atoms with Gasteiger partial charge in [-0.25, -0.2) is 0 Å². The van der Waals surface area contributed by atoms with Crippen molar-refractivity contribution in [1.29, 1.82) is 0 Å². The average molecular weight is 199 g/mol. The third-order valence-electron chi connectivity index (χ3n) is 0.572. The molecule has 0 nitrogen and oxygen atoms in total. The summed E-state index contributed by atoms with van der Waals surface area (Å²) in [4.78, 5) is 0. The molecule has 0 spiro atoms. The smallest absolute Gasteiger partial charge is 0 e. The van der Waals surface area contributed by atoms with E-state index in [1.54, 1.807) is 0 Å². The Balaban J connectivity index is -0.000000180. The van der Waals surface area contributed by atoms with Crippen LogP contribution in [0.15, 0.2) is 12.2 Å². The van der Waals surface area contributed by atoms with E-state index in [0.717, 1.165) is 6.42 Å². The third kappa shape index (κ3) is 17.7. The molecular weight excluding hydrogens is 185 g/mol. The van der Waals surface area contributed by atoms with Gasteiger partial charge in [-0.3, -0.25) is 0 Å². The van der Waals surface area contributed by atoms with Crippen LogP contribution in [-0.2, 0) is 32.7 Å². The van der Waals surface area contributed by atoms with Crippen LogP contribution >= 0.6 is 0 Å². The Morgan fingerprint density at radius 1 is 1.33 bits per heavy atom. The van der Waals surface area contributed by atoms with Gasteiger partial charge < -0.3 is 24.3 Å². The maximum Gasteiger partial charge on any atom is 0 e. The molecule has 0 bridgehead atoms. The van der Waals surface area contributed by atoms with Crippen molar-refractivity contribution in [3.63, 3.8) is 0 Å². The molecule has 0 aliphatic rings. The first-order chi connectivity index (χ1) is 3.41. The molecule has 0 saturated carbocycles. The second-order valence-electron chi connectivity index (χ2n) is 1.18. The summed E-state index contributed by atoms with van der Waals surface area (Å²) in [5.41, 5.74) is 0. The van der Waals surface area contributed by atoms with Crippen LogP contribution in [0.25, 0.3) is 0 Å². The zero-order valence-electron chi connectivity index (χ0n) is 5.44. The van der Waals surface area contributed by atoms with Gasteiger partial charge in [-0.1, -0.05) is 14.4 Å². The molecule has 0 atom stereocenters. The molecule has 0 heterocycles. The molecule has 1 heteroatoms. The van der Waals surface area contributed by atoms with Gasteiger partial charge in [0.15, 0.2) is 0 Å². The van der Waals surface area contributed by atoms with Gasteiger partial charge in [0.2, 0.25) is 0 Å². The maximum atomic E-state index is 3.01. The van der Waals surface area contributed by atoms with Crippen molar-refractivity contribution in [2.24, 2.45) is 0 Å². The van der Waals surface area contributed by atoms with E-state index < -0.39 is 0 Å². The van der Waals surface area contributed by atoms with Crippen LogP contribution in [0.5, 0.6) is 0 Å². The number of rotatable bonds is 2. The van der Waals surface area contributed by atoms with E-state index in [2.05, 4.69) is 19.1 Å². The summed E-state index contributed by atoms with van der Waals surface area (Å²) >= 11 is 0. The van der Waals surface area contributed by atoms with Crippen LogP contribution < -0.4 is 0 Å². The molecule has 0 aliphatic carbocycles. The van der Waals surface area contributed by atoms with Crippen molar-refractivity contribution in [2.45, 2.75) is 27.7 Å². The first-order valence-electron chi connectivity index (χ1n) is 2.47. The second kappa shape index (κ2) is 15.8. The summed E-state index contributed by atoms with van der Waals surface area (Å²) in [6, 6.07) is 0. The predicted octanol–water partition coefficient (Wildman–Crippen LogP) is 2.77. The summed E-state index contributed by atoms with van der Waals surface area (Å²) in [6.07, 6.45) is 10.6. The fraction of sp³-hybridized carbons (Fsp3) is 0.500. The third-order valence-corrected chi connectivity index (χ3v) is 0.572. The minimum absolute atomic E-state index is 0. The fourth-order valence-corrected chi connectivity index (χ4v) is 0.260. The van der Waals surface area contributed by atoms with Gasteiger partial charge in [0.25, 0.3) is 0 Å². The molecule has 9 heavy (non-hydrogen) atoms. The Morgan fingerprint density at radius 3 is 2.22 bits per heavy atom. The van der Waals surface area contributed by atoms with Crippen LogP contribution in [0.2, 0.25) is 0 Å². The largest absolute Gasteiger partial charge is 0.391 e. The predicted molar refractivity (Wildman–Crippen MR) is 38.3 cm³/mol. The number of allylic oxidation sites excluding steroid dienone is 4. The number of hydrogen-bond donors (Lipinski definition) is 0. The van der Waals surface area contributed by atoms with Crippen LogP contribution in [0, 0.1) is 12.2 Å². The molecular formula is C8H14Y-2. The molecule has 0 aromatic heterocycles. The second-order valence-corrected chi connectivity index (χ2v) is 1.18. The topological polar surface area (TPSA) is 0 Å². The Hall–Kier alpha value is 0.584. The van der Waals surface area contributed by atoms with Gasteiger partial charge in [-0.15, -0.1) is 13.3 Å². The molecule has 0 rings (SSSR count). The van der Waals surface area contributed by atoms with Gasteiger partial charge in [0, 0.05) is 32.7 Å². The van der Waals surface area contributed by atoms with E-state index in [9.17, 15) is 0 Å². The standard InChI is InChI=1S/C7H10.CH4.Y/c1-3-5-7-6-4-2;;/h6-7H,3H2,1-2H3;1H4;/q-2;;. The van der Waals surface area contributed by atoms with Gasteiger partial charge in [-0.2, -0.15) is 0 Å². The van der Waals surface area contributed by atoms with Crippen LogP contribution in [0.4, 0.5) is 0 Å². The van der Waals surface area contributed by atoms with Crippen LogP contribution in [0.3, 0.4) is 0 Å². The van der Waals surface area contributed by atoms with E-state index in [-0.39, 0.29) is 40.1 Å². The van der Waals surface area contributed by atoms with Crippen molar-refractivity contribution < 1.29 is 32.7 Å². The summed E-state index contributed by atoms with van der Waals surface area (Å²) in [5.74, 6) is 0. The molecule has 0 unspecified atom stereocenters. The monoisotopic (exact) mass is 199 g/mol. The molecule has 0 aliphatic heterocycles. The molecule has 0 N–H and O–H groups in total. The van der Waals surface area contributed by atoms with Crippen molar-refractivity contribution in [3.05, 3.63) is 24.3 Å². The Kier molecular flexibility index (Phi) is 28.7. The molecule has 1 radical (unpaired) electrons. The fourth-order valence-electron chi connectivity index (χ4n) is 0.260. The van der Waals surface area contributed by atoms with E-state index in [1.807, 2.05) is 19.1 Å². The maximum absolute atomic E-state index is 3.01. The first-order valence-corrected chi connectivity index (χ1v) is 2.47. The van der Waals surface area contributed by atoms with Gasteiger partial charge >= 0.3 is 0 Å². The quantitative estimate of drug-likeness (QED) is 0.473. The Labute approximate surface area is 84.3 Å². The summed E-state index contributed by atoms with van der Waals surface area (Å²) in [5, 5.41) is 0. The van der Waals surface area contributed by atoms with Crippen molar-refractivity contribution in [3.8, 4) is 0 Å². The number of hydrogen-bond acceptors (Lipinski definition) is 0. The average Bonchev–Trinajstić information content (AvgIpc) is 1.69. The van der Waals surface area contributed by atoms with Gasteiger partial charge in [-0.05, 0) is 0 Å². The van der Waals surface area contributed by atoms with E-state index in [4.69, 9.17) is 0 Å². The molecule has 0 aromatic rings. The van der Waals surface area contributed by atoms with Gasteiger partial charge in [0.1, 0.15) is 0 Å². The SMILES string of the molecule is C.C[C-]=CC=[C-]CC.[Y]. The van der Waals surface area contributed by atoms with Gasteiger partial charge in [0.05, 0.1) is 0 Å². The molecule has 51 valence electrons. The van der Waals surface area contributed by atoms with Crippen molar-refractivity contribution >= 4 is 0 Å². The van der Waals surface area contributed by atoms with E-state index in [1.165, 1.54) is 0 Å².